The molecule has 78 valence electrons. The van der Waals surface area contributed by atoms with Gasteiger partial charge in [-0.3, -0.25) is 4.90 Å². The van der Waals surface area contributed by atoms with E-state index in [1.54, 1.807) is 0 Å². The number of hydrogen-bond donors (Lipinski definition) is 0. The number of likely N-dealkylation sites (tertiary alicyclic amines) is 1. The Kier molecular flexibility index (Phi) is 3.88. The van der Waals surface area contributed by atoms with Crippen LogP contribution in [0, 0.1) is 5.92 Å². The molecule has 0 spiro atoms. The maximum atomic E-state index is 5.85. The standard InChI is InChI=1S/C10H13BrClNS/c11-9-2-4-14-10(9)7-13-3-1-8(5-12)6-13/h2,4,8H,1,3,5-7H2. The monoisotopic (exact) mass is 293 g/mol. The van der Waals surface area contributed by atoms with Crippen LogP contribution in [0.4, 0.5) is 0 Å². The molecule has 2 heterocycles. The van der Waals surface area contributed by atoms with E-state index in [4.69, 9.17) is 11.6 Å². The second-order valence-electron chi connectivity index (χ2n) is 3.74. The van der Waals surface area contributed by atoms with E-state index in [0.717, 1.165) is 19.0 Å². The zero-order valence-corrected chi connectivity index (χ0v) is 11.0. The molecule has 1 saturated heterocycles. The van der Waals surface area contributed by atoms with Crippen molar-refractivity contribution in [2.75, 3.05) is 19.0 Å². The Bertz CT molecular complexity index is 302. The van der Waals surface area contributed by atoms with Gasteiger partial charge in [0.1, 0.15) is 0 Å². The SMILES string of the molecule is ClCC1CCN(Cc2sccc2Br)C1. The number of alkyl halides is 1. The van der Waals surface area contributed by atoms with Gasteiger partial charge in [0.25, 0.3) is 0 Å². The van der Waals surface area contributed by atoms with Gasteiger partial charge in [-0.1, -0.05) is 0 Å². The lowest BCUT2D eigenvalue weighted by atomic mass is 10.2. The average Bonchev–Trinajstić information content (AvgIpc) is 2.77. The van der Waals surface area contributed by atoms with Crippen LogP contribution in [0.25, 0.3) is 0 Å². The third kappa shape index (κ3) is 2.51. The molecule has 0 radical (unpaired) electrons. The van der Waals surface area contributed by atoms with Crippen molar-refractivity contribution in [3.8, 4) is 0 Å². The molecule has 1 nitrogen and oxygen atoms in total. The Balaban J connectivity index is 1.90. The van der Waals surface area contributed by atoms with Crippen molar-refractivity contribution >= 4 is 38.9 Å². The summed E-state index contributed by atoms with van der Waals surface area (Å²) >= 11 is 11.2. The van der Waals surface area contributed by atoms with Crippen molar-refractivity contribution in [2.45, 2.75) is 13.0 Å². The van der Waals surface area contributed by atoms with E-state index in [1.807, 2.05) is 11.3 Å². The van der Waals surface area contributed by atoms with Crippen LogP contribution in [-0.4, -0.2) is 23.9 Å². The summed E-state index contributed by atoms with van der Waals surface area (Å²) in [6.07, 6.45) is 1.26. The third-order valence-electron chi connectivity index (χ3n) is 2.65. The second-order valence-corrected chi connectivity index (χ2v) is 5.90. The summed E-state index contributed by atoms with van der Waals surface area (Å²) in [5, 5.41) is 2.13. The Labute approximate surface area is 102 Å². The zero-order chi connectivity index (χ0) is 9.97. The van der Waals surface area contributed by atoms with Gasteiger partial charge in [0, 0.05) is 28.3 Å². The Morgan fingerprint density at radius 2 is 2.50 bits per heavy atom. The van der Waals surface area contributed by atoms with Gasteiger partial charge in [0.05, 0.1) is 0 Å². The summed E-state index contributed by atoms with van der Waals surface area (Å²) in [6, 6.07) is 2.12. The molecular weight excluding hydrogens is 282 g/mol. The van der Waals surface area contributed by atoms with Crippen molar-refractivity contribution in [1.82, 2.24) is 4.90 Å². The van der Waals surface area contributed by atoms with E-state index in [-0.39, 0.29) is 0 Å². The molecule has 1 aliphatic rings. The van der Waals surface area contributed by atoms with Gasteiger partial charge in [0.15, 0.2) is 0 Å². The van der Waals surface area contributed by atoms with Crippen LogP contribution in [0.2, 0.25) is 0 Å². The Morgan fingerprint density at radius 1 is 1.64 bits per heavy atom. The van der Waals surface area contributed by atoms with E-state index in [0.29, 0.717) is 5.92 Å². The third-order valence-corrected chi connectivity index (χ3v) is 4.99. The first-order chi connectivity index (χ1) is 6.79. The van der Waals surface area contributed by atoms with Gasteiger partial charge in [-0.25, -0.2) is 0 Å². The number of thiophene rings is 1. The summed E-state index contributed by atoms with van der Waals surface area (Å²) < 4.78 is 1.25. The summed E-state index contributed by atoms with van der Waals surface area (Å²) in [5.41, 5.74) is 0. The molecule has 1 aromatic rings. The lowest BCUT2D eigenvalue weighted by molar-refractivity contribution is 0.323. The van der Waals surface area contributed by atoms with Crippen molar-refractivity contribution in [3.05, 3.63) is 20.8 Å². The molecule has 1 aliphatic heterocycles. The molecule has 1 atom stereocenters. The van der Waals surface area contributed by atoms with Crippen LogP contribution in [0.15, 0.2) is 15.9 Å². The molecule has 1 unspecified atom stereocenters. The summed E-state index contributed by atoms with van der Waals surface area (Å²) in [6.45, 7) is 3.43. The molecule has 14 heavy (non-hydrogen) atoms. The lowest BCUT2D eigenvalue weighted by Crippen LogP contribution is -2.20. The topological polar surface area (TPSA) is 3.24 Å². The highest BCUT2D eigenvalue weighted by molar-refractivity contribution is 9.10. The van der Waals surface area contributed by atoms with Crippen LogP contribution in [0.3, 0.4) is 0 Å². The second kappa shape index (κ2) is 4.97. The largest absolute Gasteiger partial charge is 0.298 e. The van der Waals surface area contributed by atoms with Gasteiger partial charge in [0.2, 0.25) is 0 Å². The van der Waals surface area contributed by atoms with Gasteiger partial charge < -0.3 is 0 Å². The first-order valence-corrected chi connectivity index (χ1v) is 7.00. The van der Waals surface area contributed by atoms with E-state index >= 15 is 0 Å². The Morgan fingerprint density at radius 3 is 3.07 bits per heavy atom. The minimum Gasteiger partial charge on any atom is -0.298 e. The first kappa shape index (κ1) is 10.9. The molecule has 0 saturated carbocycles. The minimum atomic E-state index is 0.704. The normalized spacial score (nSPS) is 23.1. The zero-order valence-electron chi connectivity index (χ0n) is 7.88. The average molecular weight is 295 g/mol. The first-order valence-electron chi connectivity index (χ1n) is 4.80. The highest BCUT2D eigenvalue weighted by Gasteiger charge is 2.22. The van der Waals surface area contributed by atoms with Gasteiger partial charge in [-0.15, -0.1) is 22.9 Å². The minimum absolute atomic E-state index is 0.704. The maximum Gasteiger partial charge on any atom is 0.0339 e. The van der Waals surface area contributed by atoms with E-state index in [2.05, 4.69) is 32.3 Å². The number of hydrogen-bond acceptors (Lipinski definition) is 2. The number of halogens is 2. The molecule has 4 heteroatoms. The molecule has 0 bridgehead atoms. The fourth-order valence-corrected chi connectivity index (χ4v) is 3.59. The summed E-state index contributed by atoms with van der Waals surface area (Å²) in [5.74, 6) is 1.51. The summed E-state index contributed by atoms with van der Waals surface area (Å²) in [7, 11) is 0. The molecule has 0 aromatic carbocycles. The molecular formula is C10H13BrClNS. The van der Waals surface area contributed by atoms with Gasteiger partial charge >= 0.3 is 0 Å². The van der Waals surface area contributed by atoms with Crippen LogP contribution in [-0.2, 0) is 6.54 Å². The van der Waals surface area contributed by atoms with Crippen molar-refractivity contribution in [2.24, 2.45) is 5.92 Å². The van der Waals surface area contributed by atoms with Crippen molar-refractivity contribution < 1.29 is 0 Å². The number of nitrogens with zero attached hydrogens (tertiary/aromatic N) is 1. The summed E-state index contributed by atoms with van der Waals surface area (Å²) in [4.78, 5) is 3.92. The van der Waals surface area contributed by atoms with E-state index < -0.39 is 0 Å². The quantitative estimate of drug-likeness (QED) is 0.770. The fraction of sp³-hybridized carbons (Fsp3) is 0.600. The van der Waals surface area contributed by atoms with Gasteiger partial charge in [-0.05, 0) is 46.3 Å². The van der Waals surface area contributed by atoms with E-state index in [9.17, 15) is 0 Å². The molecule has 0 N–H and O–H groups in total. The smallest absolute Gasteiger partial charge is 0.0339 e. The van der Waals surface area contributed by atoms with Crippen LogP contribution < -0.4 is 0 Å². The Hall–Kier alpha value is 0.430. The van der Waals surface area contributed by atoms with Gasteiger partial charge in [-0.2, -0.15) is 0 Å². The van der Waals surface area contributed by atoms with Crippen molar-refractivity contribution in [3.63, 3.8) is 0 Å². The van der Waals surface area contributed by atoms with Crippen LogP contribution >= 0.6 is 38.9 Å². The van der Waals surface area contributed by atoms with Crippen LogP contribution in [0.5, 0.6) is 0 Å². The maximum absolute atomic E-state index is 5.85. The fourth-order valence-electron chi connectivity index (χ4n) is 1.82. The molecule has 0 amide bonds. The highest BCUT2D eigenvalue weighted by atomic mass is 79.9. The van der Waals surface area contributed by atoms with E-state index in [1.165, 1.54) is 22.3 Å². The predicted octanol–water partition coefficient (Wildman–Crippen LogP) is 3.57. The van der Waals surface area contributed by atoms with Crippen molar-refractivity contribution in [1.29, 1.82) is 0 Å². The van der Waals surface area contributed by atoms with Crippen LogP contribution in [0.1, 0.15) is 11.3 Å². The molecule has 0 aliphatic carbocycles. The number of rotatable bonds is 3. The molecule has 1 fully saturated rings. The molecule has 2 rings (SSSR count). The predicted molar refractivity (Wildman–Crippen MR) is 66.1 cm³/mol. The lowest BCUT2D eigenvalue weighted by Gasteiger charge is -2.14. The highest BCUT2D eigenvalue weighted by Crippen LogP contribution is 2.27. The molecule has 1 aromatic heterocycles.